The summed E-state index contributed by atoms with van der Waals surface area (Å²) in [5, 5.41) is 23.2. The van der Waals surface area contributed by atoms with Gasteiger partial charge in [-0.3, -0.25) is 4.68 Å². The van der Waals surface area contributed by atoms with Gasteiger partial charge in [-0.15, -0.1) is 0 Å². The molecule has 0 aliphatic carbocycles. The molecule has 0 saturated carbocycles. The van der Waals surface area contributed by atoms with E-state index in [9.17, 15) is 5.11 Å². The van der Waals surface area contributed by atoms with Crippen LogP contribution in [0.25, 0.3) is 0 Å². The second-order valence-electron chi connectivity index (χ2n) is 4.36. The molecular weight excluding hydrogens is 278 g/mol. The normalized spacial score (nSPS) is 11.9. The molecule has 1 N–H and O–H groups in total. The first-order valence-electron chi connectivity index (χ1n) is 6.09. The highest BCUT2D eigenvalue weighted by Crippen LogP contribution is 2.14. The van der Waals surface area contributed by atoms with Gasteiger partial charge in [0.25, 0.3) is 0 Å². The average molecular weight is 292 g/mol. The van der Waals surface area contributed by atoms with Gasteiger partial charge in [0.15, 0.2) is 0 Å². The van der Waals surface area contributed by atoms with Crippen molar-refractivity contribution in [2.24, 2.45) is 0 Å². The largest absolute Gasteiger partial charge is 0.491 e. The van der Waals surface area contributed by atoms with Crippen LogP contribution in [0.1, 0.15) is 11.3 Å². The lowest BCUT2D eigenvalue weighted by Crippen LogP contribution is -2.24. The lowest BCUT2D eigenvalue weighted by Gasteiger charge is -2.13. The molecule has 0 unspecified atom stereocenters. The molecule has 1 atom stereocenters. The van der Waals surface area contributed by atoms with Crippen molar-refractivity contribution in [1.29, 1.82) is 5.26 Å². The first kappa shape index (κ1) is 14.4. The Bertz CT molecular complexity index is 616. The molecule has 1 aromatic carbocycles. The fourth-order valence-electron chi connectivity index (χ4n) is 1.68. The van der Waals surface area contributed by atoms with E-state index in [1.807, 2.05) is 13.0 Å². The number of rotatable bonds is 5. The Balaban J connectivity index is 1.87. The standard InChI is InChI=1S/C14H14ClN3O2/c1-10-14(15)7-17-18(10)8-12(19)9-20-13-4-2-11(6-16)3-5-13/h2-5,7,12,19H,8-9H2,1H3/t12-/m1/s1. The fraction of sp³-hybridized carbons (Fsp3) is 0.286. The van der Waals surface area contributed by atoms with E-state index in [1.54, 1.807) is 35.1 Å². The minimum Gasteiger partial charge on any atom is -0.491 e. The highest BCUT2D eigenvalue weighted by Gasteiger charge is 2.10. The van der Waals surface area contributed by atoms with Gasteiger partial charge in [-0.05, 0) is 31.2 Å². The van der Waals surface area contributed by atoms with Crippen LogP contribution in [0.5, 0.6) is 5.75 Å². The summed E-state index contributed by atoms with van der Waals surface area (Å²) >= 11 is 5.89. The van der Waals surface area contributed by atoms with Gasteiger partial charge in [0.2, 0.25) is 0 Å². The topological polar surface area (TPSA) is 71.1 Å². The molecule has 0 amide bonds. The summed E-state index contributed by atoms with van der Waals surface area (Å²) in [6, 6.07) is 8.75. The van der Waals surface area contributed by atoms with E-state index in [-0.39, 0.29) is 6.61 Å². The summed E-state index contributed by atoms with van der Waals surface area (Å²) in [4.78, 5) is 0. The van der Waals surface area contributed by atoms with Gasteiger partial charge in [0.1, 0.15) is 18.5 Å². The van der Waals surface area contributed by atoms with Crippen LogP contribution in [0.4, 0.5) is 0 Å². The first-order valence-corrected chi connectivity index (χ1v) is 6.47. The molecule has 20 heavy (non-hydrogen) atoms. The number of nitrogens with zero attached hydrogens (tertiary/aromatic N) is 3. The maximum absolute atomic E-state index is 9.92. The molecule has 2 rings (SSSR count). The van der Waals surface area contributed by atoms with Crippen molar-refractivity contribution in [2.75, 3.05) is 6.61 Å². The number of nitriles is 1. The number of benzene rings is 1. The quantitative estimate of drug-likeness (QED) is 0.916. The van der Waals surface area contributed by atoms with Crippen molar-refractivity contribution < 1.29 is 9.84 Å². The Morgan fingerprint density at radius 1 is 1.45 bits per heavy atom. The van der Waals surface area contributed by atoms with E-state index in [4.69, 9.17) is 21.6 Å². The minimum atomic E-state index is -0.694. The van der Waals surface area contributed by atoms with E-state index in [0.717, 1.165) is 5.69 Å². The highest BCUT2D eigenvalue weighted by atomic mass is 35.5. The Morgan fingerprint density at radius 3 is 2.70 bits per heavy atom. The second kappa shape index (κ2) is 6.42. The predicted octanol–water partition coefficient (Wildman–Crippen LogP) is 2.16. The third-order valence-electron chi connectivity index (χ3n) is 2.85. The molecule has 0 aliphatic heterocycles. The molecular formula is C14H14ClN3O2. The summed E-state index contributed by atoms with van der Waals surface area (Å²) < 4.78 is 7.09. The molecule has 1 aromatic heterocycles. The number of aliphatic hydroxyl groups excluding tert-OH is 1. The van der Waals surface area contributed by atoms with Crippen molar-refractivity contribution in [2.45, 2.75) is 19.6 Å². The zero-order chi connectivity index (χ0) is 14.5. The van der Waals surface area contributed by atoms with Crippen LogP contribution in [-0.2, 0) is 6.54 Å². The molecule has 104 valence electrons. The first-order chi connectivity index (χ1) is 9.60. The Labute approximate surface area is 122 Å². The average Bonchev–Trinajstić information content (AvgIpc) is 2.78. The molecule has 5 nitrogen and oxygen atoms in total. The van der Waals surface area contributed by atoms with Crippen molar-refractivity contribution in [3.8, 4) is 11.8 Å². The van der Waals surface area contributed by atoms with Crippen molar-refractivity contribution in [3.05, 3.63) is 46.7 Å². The summed E-state index contributed by atoms with van der Waals surface area (Å²) in [5.74, 6) is 0.610. The van der Waals surface area contributed by atoms with E-state index in [2.05, 4.69) is 5.10 Å². The van der Waals surface area contributed by atoms with Crippen molar-refractivity contribution in [1.82, 2.24) is 9.78 Å². The maximum Gasteiger partial charge on any atom is 0.119 e. The SMILES string of the molecule is Cc1c(Cl)cnn1C[C@@H](O)COc1ccc(C#N)cc1. The summed E-state index contributed by atoms with van der Waals surface area (Å²) in [6.45, 7) is 2.29. The lowest BCUT2D eigenvalue weighted by molar-refractivity contribution is 0.0888. The summed E-state index contributed by atoms with van der Waals surface area (Å²) in [7, 11) is 0. The predicted molar refractivity (Wildman–Crippen MR) is 74.6 cm³/mol. The van der Waals surface area contributed by atoms with E-state index in [0.29, 0.717) is 22.9 Å². The van der Waals surface area contributed by atoms with Crippen molar-refractivity contribution >= 4 is 11.6 Å². The van der Waals surface area contributed by atoms with Crippen LogP contribution in [0, 0.1) is 18.3 Å². The van der Waals surface area contributed by atoms with Gasteiger partial charge in [-0.2, -0.15) is 10.4 Å². The molecule has 0 saturated heterocycles. The maximum atomic E-state index is 9.92. The van der Waals surface area contributed by atoms with Crippen LogP contribution in [0.15, 0.2) is 30.5 Å². The molecule has 0 bridgehead atoms. The molecule has 6 heteroatoms. The number of hydrogen-bond acceptors (Lipinski definition) is 4. The van der Waals surface area contributed by atoms with Gasteiger partial charge in [-0.1, -0.05) is 11.6 Å². The van der Waals surface area contributed by atoms with Gasteiger partial charge in [-0.25, -0.2) is 0 Å². The number of hydrogen-bond donors (Lipinski definition) is 1. The summed E-state index contributed by atoms with van der Waals surface area (Å²) in [6.07, 6.45) is 0.853. The monoisotopic (exact) mass is 291 g/mol. The Kier molecular flexibility index (Phi) is 4.61. The number of aliphatic hydroxyl groups is 1. The number of ether oxygens (including phenoxy) is 1. The number of halogens is 1. The van der Waals surface area contributed by atoms with Crippen LogP contribution in [0.3, 0.4) is 0 Å². The third kappa shape index (κ3) is 3.50. The molecule has 0 aliphatic rings. The third-order valence-corrected chi connectivity index (χ3v) is 3.22. The Hall–Kier alpha value is -2.03. The van der Waals surface area contributed by atoms with Crippen LogP contribution >= 0.6 is 11.6 Å². The summed E-state index contributed by atoms with van der Waals surface area (Å²) in [5.41, 5.74) is 1.38. The molecule has 0 radical (unpaired) electrons. The zero-order valence-corrected chi connectivity index (χ0v) is 11.7. The molecule has 0 spiro atoms. The van der Waals surface area contributed by atoms with Gasteiger partial charge in [0.05, 0.1) is 35.1 Å². The van der Waals surface area contributed by atoms with Crippen LogP contribution < -0.4 is 4.74 Å². The van der Waals surface area contributed by atoms with Crippen molar-refractivity contribution in [3.63, 3.8) is 0 Å². The smallest absolute Gasteiger partial charge is 0.119 e. The van der Waals surface area contributed by atoms with Gasteiger partial charge < -0.3 is 9.84 Å². The minimum absolute atomic E-state index is 0.142. The van der Waals surface area contributed by atoms with Gasteiger partial charge in [0, 0.05) is 0 Å². The van der Waals surface area contributed by atoms with E-state index < -0.39 is 6.10 Å². The van der Waals surface area contributed by atoms with Crippen LogP contribution in [-0.4, -0.2) is 27.6 Å². The van der Waals surface area contributed by atoms with Gasteiger partial charge >= 0.3 is 0 Å². The van der Waals surface area contributed by atoms with E-state index in [1.165, 1.54) is 0 Å². The van der Waals surface area contributed by atoms with E-state index >= 15 is 0 Å². The van der Waals surface area contributed by atoms with Crippen LogP contribution in [0.2, 0.25) is 5.02 Å². The molecule has 1 heterocycles. The Morgan fingerprint density at radius 2 is 2.15 bits per heavy atom. The fourth-order valence-corrected chi connectivity index (χ4v) is 1.82. The molecule has 0 fully saturated rings. The highest BCUT2D eigenvalue weighted by molar-refractivity contribution is 6.31. The zero-order valence-electron chi connectivity index (χ0n) is 11.0. The lowest BCUT2D eigenvalue weighted by atomic mass is 10.2. The molecule has 2 aromatic rings. The number of aromatic nitrogens is 2. The second-order valence-corrected chi connectivity index (χ2v) is 4.77.